The molecule has 0 bridgehead atoms. The zero-order valence-electron chi connectivity index (χ0n) is 13.1. The Kier molecular flexibility index (Phi) is 3.28. The summed E-state index contributed by atoms with van der Waals surface area (Å²) >= 11 is 0. The summed E-state index contributed by atoms with van der Waals surface area (Å²) in [6, 6.07) is 5.83. The molecule has 0 saturated carbocycles. The van der Waals surface area contributed by atoms with Crippen LogP contribution in [-0.4, -0.2) is 14.9 Å². The summed E-state index contributed by atoms with van der Waals surface area (Å²) in [6.07, 6.45) is 0.632. The van der Waals surface area contributed by atoms with Crippen LogP contribution in [0.5, 0.6) is 5.75 Å². The van der Waals surface area contributed by atoms with Crippen LogP contribution >= 0.6 is 0 Å². The van der Waals surface area contributed by atoms with E-state index in [0.717, 1.165) is 16.5 Å². The molecule has 2 aromatic heterocycles. The van der Waals surface area contributed by atoms with Crippen LogP contribution in [0, 0.1) is 13.8 Å². The van der Waals surface area contributed by atoms with Gasteiger partial charge in [0.15, 0.2) is 5.75 Å². The first kappa shape index (κ1) is 14.4. The second-order valence-corrected chi connectivity index (χ2v) is 5.49. The highest BCUT2D eigenvalue weighted by Crippen LogP contribution is 2.38. The Bertz CT molecular complexity index is 935. The maximum absolute atomic E-state index is 12.5. The number of rotatable bonds is 2. The van der Waals surface area contributed by atoms with E-state index < -0.39 is 0 Å². The van der Waals surface area contributed by atoms with E-state index in [4.69, 9.17) is 4.42 Å². The molecule has 5 nitrogen and oxygen atoms in total. The molecule has 0 saturated heterocycles. The first-order valence-electron chi connectivity index (χ1n) is 7.23. The van der Waals surface area contributed by atoms with Gasteiger partial charge in [-0.25, -0.2) is 4.68 Å². The van der Waals surface area contributed by atoms with Gasteiger partial charge in [0.25, 0.3) is 5.56 Å². The number of hydrogen-bond donors (Lipinski definition) is 1. The van der Waals surface area contributed by atoms with Crippen molar-refractivity contribution in [1.82, 2.24) is 9.78 Å². The predicted octanol–water partition coefficient (Wildman–Crippen LogP) is 3.08. The normalized spacial score (nSPS) is 11.3. The minimum absolute atomic E-state index is 0.0823. The van der Waals surface area contributed by atoms with E-state index in [-0.39, 0.29) is 16.9 Å². The molecule has 0 atom stereocenters. The van der Waals surface area contributed by atoms with Gasteiger partial charge in [-0.3, -0.25) is 4.79 Å². The van der Waals surface area contributed by atoms with Crippen LogP contribution in [0.15, 0.2) is 27.4 Å². The zero-order valence-corrected chi connectivity index (χ0v) is 13.1. The van der Waals surface area contributed by atoms with Gasteiger partial charge in [0.1, 0.15) is 17.0 Å². The molecule has 0 unspecified atom stereocenters. The highest BCUT2D eigenvalue weighted by atomic mass is 16.3. The lowest BCUT2D eigenvalue weighted by Crippen LogP contribution is -2.22. The quantitative estimate of drug-likeness (QED) is 0.789. The molecule has 22 heavy (non-hydrogen) atoms. The fraction of sp³-hybridized carbons (Fsp3) is 0.294. The molecule has 0 aliphatic rings. The molecule has 0 aliphatic carbocycles. The number of fused-ring (bicyclic) bond motifs is 1. The van der Waals surface area contributed by atoms with Crippen molar-refractivity contribution in [3.8, 4) is 16.9 Å². The van der Waals surface area contributed by atoms with Crippen LogP contribution in [0.2, 0.25) is 0 Å². The van der Waals surface area contributed by atoms with E-state index in [2.05, 4.69) is 5.10 Å². The molecule has 0 aliphatic heterocycles. The van der Waals surface area contributed by atoms with E-state index in [0.29, 0.717) is 23.4 Å². The van der Waals surface area contributed by atoms with E-state index in [1.807, 2.05) is 32.0 Å². The molecule has 0 fully saturated rings. The van der Waals surface area contributed by atoms with Gasteiger partial charge in [0.2, 0.25) is 0 Å². The van der Waals surface area contributed by atoms with Gasteiger partial charge in [0, 0.05) is 24.4 Å². The molecule has 3 rings (SSSR count). The van der Waals surface area contributed by atoms with Crippen LogP contribution in [0.1, 0.15) is 23.9 Å². The SMILES string of the molecule is CCc1oc2cc(C)ccc2c1-c1c(O)c(C)nn(C)c1=O. The number of furan rings is 1. The Labute approximate surface area is 127 Å². The van der Waals surface area contributed by atoms with Crippen LogP contribution in [0.4, 0.5) is 0 Å². The van der Waals surface area contributed by atoms with Gasteiger partial charge in [0.05, 0.1) is 5.56 Å². The largest absolute Gasteiger partial charge is 0.505 e. The Balaban J connectivity index is 2.48. The summed E-state index contributed by atoms with van der Waals surface area (Å²) in [6.45, 7) is 5.63. The van der Waals surface area contributed by atoms with Crippen LogP contribution in [0.25, 0.3) is 22.1 Å². The molecule has 1 N–H and O–H groups in total. The molecule has 114 valence electrons. The molecule has 5 heteroatoms. The van der Waals surface area contributed by atoms with Gasteiger partial charge in [-0.2, -0.15) is 5.10 Å². The fourth-order valence-electron chi connectivity index (χ4n) is 2.76. The molecular formula is C17H18N2O3. The number of aromatic nitrogens is 2. The molecule has 3 aromatic rings. The van der Waals surface area contributed by atoms with Gasteiger partial charge in [-0.05, 0) is 25.5 Å². The number of aromatic hydroxyl groups is 1. The summed E-state index contributed by atoms with van der Waals surface area (Å²) in [7, 11) is 1.58. The molecule has 0 amide bonds. The van der Waals surface area contributed by atoms with Crippen LogP contribution in [0.3, 0.4) is 0 Å². The molecular weight excluding hydrogens is 280 g/mol. The fourth-order valence-corrected chi connectivity index (χ4v) is 2.76. The molecule has 0 radical (unpaired) electrons. The number of aryl methyl sites for hydroxylation is 4. The van der Waals surface area contributed by atoms with Gasteiger partial charge in [-0.1, -0.05) is 19.1 Å². The van der Waals surface area contributed by atoms with E-state index in [9.17, 15) is 9.90 Å². The lowest BCUT2D eigenvalue weighted by atomic mass is 10.0. The highest BCUT2D eigenvalue weighted by Gasteiger charge is 2.23. The Morgan fingerprint density at radius 3 is 2.68 bits per heavy atom. The smallest absolute Gasteiger partial charge is 0.278 e. The average molecular weight is 298 g/mol. The highest BCUT2D eigenvalue weighted by molar-refractivity contribution is 5.97. The first-order chi connectivity index (χ1) is 10.4. The van der Waals surface area contributed by atoms with Crippen LogP contribution < -0.4 is 5.56 Å². The standard InChI is InChI=1S/C17H18N2O3/c1-5-12-14(11-7-6-9(2)8-13(11)22-12)15-16(20)10(3)18-19(4)17(15)21/h6-8,20H,5H2,1-4H3. The first-order valence-corrected chi connectivity index (χ1v) is 7.23. The van der Waals surface area contributed by atoms with Crippen molar-refractivity contribution < 1.29 is 9.52 Å². The second-order valence-electron chi connectivity index (χ2n) is 5.49. The van der Waals surface area contributed by atoms with E-state index in [1.54, 1.807) is 14.0 Å². The van der Waals surface area contributed by atoms with Crippen molar-refractivity contribution in [1.29, 1.82) is 0 Å². The molecule has 1 aromatic carbocycles. The van der Waals surface area contributed by atoms with E-state index >= 15 is 0 Å². The average Bonchev–Trinajstić information content (AvgIpc) is 2.83. The number of nitrogens with zero attached hydrogens (tertiary/aromatic N) is 2. The van der Waals surface area contributed by atoms with Crippen molar-refractivity contribution in [3.05, 3.63) is 45.6 Å². The summed E-state index contributed by atoms with van der Waals surface area (Å²) in [5, 5.41) is 15.2. The minimum Gasteiger partial charge on any atom is -0.505 e. The van der Waals surface area contributed by atoms with E-state index in [1.165, 1.54) is 4.68 Å². The minimum atomic E-state index is -0.332. The van der Waals surface area contributed by atoms with Crippen molar-refractivity contribution in [2.75, 3.05) is 0 Å². The third kappa shape index (κ3) is 2.01. The maximum Gasteiger partial charge on any atom is 0.278 e. The predicted molar refractivity (Wildman–Crippen MR) is 85.2 cm³/mol. The van der Waals surface area contributed by atoms with Crippen molar-refractivity contribution >= 4 is 11.0 Å². The lowest BCUT2D eigenvalue weighted by Gasteiger charge is -2.08. The van der Waals surface area contributed by atoms with Crippen molar-refractivity contribution in [2.24, 2.45) is 7.05 Å². The van der Waals surface area contributed by atoms with Gasteiger partial charge < -0.3 is 9.52 Å². The van der Waals surface area contributed by atoms with Crippen molar-refractivity contribution in [3.63, 3.8) is 0 Å². The summed E-state index contributed by atoms with van der Waals surface area (Å²) < 4.78 is 7.14. The number of hydrogen-bond acceptors (Lipinski definition) is 4. The Morgan fingerprint density at radius 2 is 2.00 bits per heavy atom. The number of benzene rings is 1. The Morgan fingerprint density at radius 1 is 1.27 bits per heavy atom. The zero-order chi connectivity index (χ0) is 16.0. The maximum atomic E-state index is 12.5. The van der Waals surface area contributed by atoms with Crippen LogP contribution in [-0.2, 0) is 13.5 Å². The Hall–Kier alpha value is -2.56. The third-order valence-electron chi connectivity index (χ3n) is 3.88. The summed E-state index contributed by atoms with van der Waals surface area (Å²) in [5.74, 6) is 0.611. The van der Waals surface area contributed by atoms with Gasteiger partial charge >= 0.3 is 0 Å². The monoisotopic (exact) mass is 298 g/mol. The topological polar surface area (TPSA) is 68.3 Å². The summed E-state index contributed by atoms with van der Waals surface area (Å²) in [4.78, 5) is 12.5. The van der Waals surface area contributed by atoms with Gasteiger partial charge in [-0.15, -0.1) is 0 Å². The lowest BCUT2D eigenvalue weighted by molar-refractivity contribution is 0.460. The molecule has 2 heterocycles. The van der Waals surface area contributed by atoms with Crippen molar-refractivity contribution in [2.45, 2.75) is 27.2 Å². The third-order valence-corrected chi connectivity index (χ3v) is 3.88. The summed E-state index contributed by atoms with van der Waals surface area (Å²) in [5.41, 5.74) is 2.82. The molecule has 0 spiro atoms. The second kappa shape index (κ2) is 5.02.